The number of rotatable bonds is 7. The Labute approximate surface area is 102 Å². The second-order valence-electron chi connectivity index (χ2n) is 5.30. The summed E-state index contributed by atoms with van der Waals surface area (Å²) in [5.41, 5.74) is 0. The summed E-state index contributed by atoms with van der Waals surface area (Å²) in [5, 5.41) is 3.73. The van der Waals surface area contributed by atoms with Crippen molar-refractivity contribution in [2.24, 2.45) is 0 Å². The molecule has 0 unspecified atom stereocenters. The fourth-order valence-corrected chi connectivity index (χ4v) is 2.48. The zero-order valence-electron chi connectivity index (χ0n) is 11.3. The van der Waals surface area contributed by atoms with Gasteiger partial charge in [0.1, 0.15) is 0 Å². The Morgan fingerprint density at radius 1 is 1.06 bits per heavy atom. The van der Waals surface area contributed by atoms with Gasteiger partial charge in [-0.1, -0.05) is 39.0 Å². The molecular formula is C14H30N2. The van der Waals surface area contributed by atoms with E-state index in [-0.39, 0.29) is 0 Å². The lowest BCUT2D eigenvalue weighted by Gasteiger charge is -2.20. The molecule has 1 rings (SSSR count). The highest BCUT2D eigenvalue weighted by Crippen LogP contribution is 2.16. The molecule has 0 aliphatic heterocycles. The predicted molar refractivity (Wildman–Crippen MR) is 71.9 cm³/mol. The van der Waals surface area contributed by atoms with E-state index in [2.05, 4.69) is 24.2 Å². The number of likely N-dealkylation sites (N-methyl/N-ethyl adjacent to an activating group) is 1. The van der Waals surface area contributed by atoms with Crippen LogP contribution in [0.2, 0.25) is 0 Å². The molecule has 1 saturated carbocycles. The van der Waals surface area contributed by atoms with E-state index in [9.17, 15) is 0 Å². The maximum atomic E-state index is 3.73. The molecule has 0 atom stereocenters. The number of hydrogen-bond acceptors (Lipinski definition) is 2. The average Bonchev–Trinajstić information content (AvgIpc) is 2.55. The van der Waals surface area contributed by atoms with Crippen molar-refractivity contribution in [3.63, 3.8) is 0 Å². The first-order valence-corrected chi connectivity index (χ1v) is 7.25. The standard InChI is InChI=1S/C14H30N2/c1-3-4-12-16(2)13-11-15-14-9-7-5-6-8-10-14/h14-15H,3-13H2,1-2H3. The van der Waals surface area contributed by atoms with Crippen LogP contribution in [-0.4, -0.2) is 37.6 Å². The van der Waals surface area contributed by atoms with E-state index in [4.69, 9.17) is 0 Å². The lowest BCUT2D eigenvalue weighted by Crippen LogP contribution is -2.35. The Morgan fingerprint density at radius 3 is 2.38 bits per heavy atom. The van der Waals surface area contributed by atoms with E-state index in [1.807, 2.05) is 0 Å². The molecule has 96 valence electrons. The van der Waals surface area contributed by atoms with Crippen LogP contribution < -0.4 is 5.32 Å². The van der Waals surface area contributed by atoms with Crippen LogP contribution in [0.5, 0.6) is 0 Å². The van der Waals surface area contributed by atoms with Crippen molar-refractivity contribution in [1.82, 2.24) is 10.2 Å². The summed E-state index contributed by atoms with van der Waals surface area (Å²) in [5.74, 6) is 0. The highest BCUT2D eigenvalue weighted by atomic mass is 15.1. The molecule has 0 aromatic carbocycles. The van der Waals surface area contributed by atoms with Crippen LogP contribution in [0.1, 0.15) is 58.3 Å². The van der Waals surface area contributed by atoms with Crippen molar-refractivity contribution < 1.29 is 0 Å². The number of hydrogen-bond donors (Lipinski definition) is 1. The topological polar surface area (TPSA) is 15.3 Å². The van der Waals surface area contributed by atoms with Gasteiger partial charge in [-0.2, -0.15) is 0 Å². The van der Waals surface area contributed by atoms with Crippen LogP contribution in [0, 0.1) is 0 Å². The Kier molecular flexibility index (Phi) is 7.87. The maximum Gasteiger partial charge on any atom is 0.0104 e. The number of nitrogens with zero attached hydrogens (tertiary/aromatic N) is 1. The molecule has 1 fully saturated rings. The van der Waals surface area contributed by atoms with Crippen LogP contribution in [0.4, 0.5) is 0 Å². The molecule has 0 radical (unpaired) electrons. The zero-order valence-corrected chi connectivity index (χ0v) is 11.3. The number of unbranched alkanes of at least 4 members (excludes halogenated alkanes) is 1. The summed E-state index contributed by atoms with van der Waals surface area (Å²) in [7, 11) is 2.24. The Bertz CT molecular complexity index is 151. The minimum atomic E-state index is 0.807. The van der Waals surface area contributed by atoms with E-state index in [0.717, 1.165) is 6.04 Å². The van der Waals surface area contributed by atoms with Gasteiger partial charge in [0.15, 0.2) is 0 Å². The molecule has 0 spiro atoms. The molecular weight excluding hydrogens is 196 g/mol. The van der Waals surface area contributed by atoms with E-state index in [0.29, 0.717) is 0 Å². The summed E-state index contributed by atoms with van der Waals surface area (Å²) in [6.45, 7) is 5.89. The van der Waals surface area contributed by atoms with Crippen molar-refractivity contribution in [3.05, 3.63) is 0 Å². The minimum absolute atomic E-state index is 0.807. The maximum absolute atomic E-state index is 3.73. The summed E-state index contributed by atoms with van der Waals surface area (Å²) in [6, 6.07) is 0.807. The lowest BCUT2D eigenvalue weighted by atomic mass is 10.1. The molecule has 16 heavy (non-hydrogen) atoms. The molecule has 0 aromatic rings. The molecule has 1 N–H and O–H groups in total. The van der Waals surface area contributed by atoms with Crippen LogP contribution in [0.15, 0.2) is 0 Å². The molecule has 0 aromatic heterocycles. The van der Waals surface area contributed by atoms with Crippen molar-refractivity contribution in [2.45, 2.75) is 64.3 Å². The van der Waals surface area contributed by atoms with Gasteiger partial charge < -0.3 is 10.2 Å². The number of nitrogens with one attached hydrogen (secondary N) is 1. The van der Waals surface area contributed by atoms with Crippen LogP contribution in [0.25, 0.3) is 0 Å². The monoisotopic (exact) mass is 226 g/mol. The van der Waals surface area contributed by atoms with Gasteiger partial charge in [0.05, 0.1) is 0 Å². The predicted octanol–water partition coefficient (Wildman–Crippen LogP) is 3.03. The van der Waals surface area contributed by atoms with E-state index in [1.165, 1.54) is 71.0 Å². The normalized spacial score (nSPS) is 18.9. The average molecular weight is 226 g/mol. The van der Waals surface area contributed by atoms with Crippen molar-refractivity contribution >= 4 is 0 Å². The largest absolute Gasteiger partial charge is 0.313 e. The van der Waals surface area contributed by atoms with Gasteiger partial charge >= 0.3 is 0 Å². The molecule has 1 aliphatic carbocycles. The SMILES string of the molecule is CCCCN(C)CCNC1CCCCCC1. The van der Waals surface area contributed by atoms with Crippen molar-refractivity contribution in [2.75, 3.05) is 26.7 Å². The molecule has 2 nitrogen and oxygen atoms in total. The summed E-state index contributed by atoms with van der Waals surface area (Å²) >= 11 is 0. The second-order valence-corrected chi connectivity index (χ2v) is 5.30. The van der Waals surface area contributed by atoms with Crippen LogP contribution in [-0.2, 0) is 0 Å². The van der Waals surface area contributed by atoms with Crippen molar-refractivity contribution in [1.29, 1.82) is 0 Å². The Hall–Kier alpha value is -0.0800. The summed E-state index contributed by atoms with van der Waals surface area (Å²) in [6.07, 6.45) is 11.2. The highest BCUT2D eigenvalue weighted by molar-refractivity contribution is 4.71. The fraction of sp³-hybridized carbons (Fsp3) is 1.00. The second kappa shape index (κ2) is 9.00. The van der Waals surface area contributed by atoms with Crippen LogP contribution in [0.3, 0.4) is 0 Å². The fourth-order valence-electron chi connectivity index (χ4n) is 2.48. The third-order valence-corrected chi connectivity index (χ3v) is 3.68. The highest BCUT2D eigenvalue weighted by Gasteiger charge is 2.10. The Morgan fingerprint density at radius 2 is 1.75 bits per heavy atom. The third-order valence-electron chi connectivity index (χ3n) is 3.68. The van der Waals surface area contributed by atoms with Gasteiger partial charge in [0.2, 0.25) is 0 Å². The first-order valence-electron chi connectivity index (χ1n) is 7.25. The smallest absolute Gasteiger partial charge is 0.0104 e. The van der Waals surface area contributed by atoms with E-state index < -0.39 is 0 Å². The molecule has 0 saturated heterocycles. The molecule has 0 amide bonds. The zero-order chi connectivity index (χ0) is 11.6. The van der Waals surface area contributed by atoms with E-state index in [1.54, 1.807) is 0 Å². The summed E-state index contributed by atoms with van der Waals surface area (Å²) < 4.78 is 0. The summed E-state index contributed by atoms with van der Waals surface area (Å²) in [4.78, 5) is 2.45. The van der Waals surface area contributed by atoms with Crippen molar-refractivity contribution in [3.8, 4) is 0 Å². The van der Waals surface area contributed by atoms with Crippen LogP contribution >= 0.6 is 0 Å². The third kappa shape index (κ3) is 6.49. The Balaban J connectivity index is 2.00. The molecule has 0 bridgehead atoms. The van der Waals surface area contributed by atoms with Gasteiger partial charge in [-0.3, -0.25) is 0 Å². The minimum Gasteiger partial charge on any atom is -0.313 e. The first kappa shape index (κ1) is 14.0. The molecule has 2 heteroatoms. The first-order chi connectivity index (χ1) is 7.83. The molecule has 1 aliphatic rings. The van der Waals surface area contributed by atoms with E-state index >= 15 is 0 Å². The van der Waals surface area contributed by atoms with Gasteiger partial charge in [0, 0.05) is 19.1 Å². The van der Waals surface area contributed by atoms with Gasteiger partial charge in [-0.15, -0.1) is 0 Å². The van der Waals surface area contributed by atoms with Gasteiger partial charge in [-0.25, -0.2) is 0 Å². The lowest BCUT2D eigenvalue weighted by molar-refractivity contribution is 0.314. The van der Waals surface area contributed by atoms with Gasteiger partial charge in [-0.05, 0) is 32.9 Å². The quantitative estimate of drug-likeness (QED) is 0.671. The molecule has 0 heterocycles. The van der Waals surface area contributed by atoms with Gasteiger partial charge in [0.25, 0.3) is 0 Å².